The molecule has 2 heterocycles. The van der Waals surface area contributed by atoms with Gasteiger partial charge in [0.15, 0.2) is 0 Å². The van der Waals surface area contributed by atoms with Gasteiger partial charge in [0.2, 0.25) is 5.91 Å². The van der Waals surface area contributed by atoms with Crippen molar-refractivity contribution in [1.82, 2.24) is 10.2 Å². The fraction of sp³-hybridized carbons (Fsp3) is 0.944. The van der Waals surface area contributed by atoms with Gasteiger partial charge in [0, 0.05) is 6.54 Å². The molecule has 0 spiro atoms. The third-order valence-corrected chi connectivity index (χ3v) is 6.51. The third kappa shape index (κ3) is 5.14. The Labute approximate surface area is 165 Å². The maximum absolute atomic E-state index is 12.8. The number of nitrogens with zero attached hydrogens (tertiary/aromatic N) is 1. The monoisotopic (exact) mass is 406 g/mol. The van der Waals surface area contributed by atoms with Crippen LogP contribution < -0.4 is 5.32 Å². The second-order valence-electron chi connectivity index (χ2n) is 7.80. The number of likely N-dealkylation sites (tertiary alicyclic amines) is 1. The van der Waals surface area contributed by atoms with Crippen molar-refractivity contribution in [2.24, 2.45) is 5.92 Å². The van der Waals surface area contributed by atoms with E-state index >= 15 is 0 Å². The van der Waals surface area contributed by atoms with Gasteiger partial charge in [-0.05, 0) is 39.0 Å². The summed E-state index contributed by atoms with van der Waals surface area (Å²) in [5, 5.41) is 43.5. The molecule has 158 valence electrons. The second kappa shape index (κ2) is 9.87. The molecular weight excluding hydrogens is 372 g/mol. The van der Waals surface area contributed by atoms with Crippen LogP contribution in [0, 0.1) is 5.92 Å². The van der Waals surface area contributed by atoms with Crippen molar-refractivity contribution in [3.63, 3.8) is 0 Å². The fourth-order valence-corrected chi connectivity index (χ4v) is 4.81. The first-order chi connectivity index (χ1) is 12.7. The molecule has 0 saturated carbocycles. The normalized spacial score (nSPS) is 39.9. The molecule has 0 aliphatic carbocycles. The van der Waals surface area contributed by atoms with E-state index in [1.54, 1.807) is 6.26 Å². The highest BCUT2D eigenvalue weighted by atomic mass is 32.2. The molecule has 2 aliphatic heterocycles. The summed E-state index contributed by atoms with van der Waals surface area (Å²) in [4.78, 5) is 14.9. The Morgan fingerprint density at radius 2 is 1.96 bits per heavy atom. The number of likely N-dealkylation sites (N-methyl/N-ethyl adjacent to an activating group) is 1. The topological polar surface area (TPSA) is 122 Å². The first-order valence-corrected chi connectivity index (χ1v) is 10.9. The first kappa shape index (κ1) is 22.9. The molecule has 0 radical (unpaired) electrons. The van der Waals surface area contributed by atoms with E-state index in [9.17, 15) is 25.2 Å². The van der Waals surface area contributed by atoms with E-state index in [2.05, 4.69) is 12.2 Å². The average Bonchev–Trinajstić information content (AvgIpc) is 2.99. The zero-order chi connectivity index (χ0) is 20.3. The van der Waals surface area contributed by atoms with Crippen molar-refractivity contribution < 1.29 is 30.0 Å². The standard InChI is InChI=1S/C18H34N2O6S/c1-5-6-10-7-11(20(3)8-10)17(25)19-12(9(2)21)16-14(23)13(22)15(24)18(26-16)27-4/h9-16,18,21-24H,5-8H2,1-4H3,(H,19,25)/t9-,10-,11+,12-,13+,14-,15-,16-,18+/m1/s1. The van der Waals surface area contributed by atoms with Crippen LogP contribution in [-0.4, -0.2) is 99.1 Å². The van der Waals surface area contributed by atoms with Gasteiger partial charge in [-0.1, -0.05) is 13.3 Å². The number of aliphatic hydroxyl groups excluding tert-OH is 4. The van der Waals surface area contributed by atoms with Crippen molar-refractivity contribution >= 4 is 17.7 Å². The lowest BCUT2D eigenvalue weighted by molar-refractivity contribution is -0.211. The summed E-state index contributed by atoms with van der Waals surface area (Å²) in [5.74, 6) is 0.245. The van der Waals surface area contributed by atoms with Crippen LogP contribution in [0.1, 0.15) is 33.1 Å². The number of aliphatic hydroxyl groups is 4. The van der Waals surface area contributed by atoms with E-state index in [0.29, 0.717) is 5.92 Å². The number of carbonyl (C=O) groups excluding carboxylic acids is 1. The number of rotatable bonds is 7. The van der Waals surface area contributed by atoms with E-state index in [-0.39, 0.29) is 11.9 Å². The van der Waals surface area contributed by atoms with Crippen LogP contribution in [0.25, 0.3) is 0 Å². The predicted octanol–water partition coefficient (Wildman–Crippen LogP) is -0.857. The van der Waals surface area contributed by atoms with E-state index in [4.69, 9.17) is 4.74 Å². The van der Waals surface area contributed by atoms with Crippen LogP contribution in [-0.2, 0) is 9.53 Å². The van der Waals surface area contributed by atoms with Gasteiger partial charge in [-0.15, -0.1) is 11.8 Å². The van der Waals surface area contributed by atoms with Crippen LogP contribution in [0.3, 0.4) is 0 Å². The number of carbonyl (C=O) groups is 1. The summed E-state index contributed by atoms with van der Waals surface area (Å²) >= 11 is 1.20. The van der Waals surface area contributed by atoms with Crippen molar-refractivity contribution in [2.45, 2.75) is 81.1 Å². The largest absolute Gasteiger partial charge is 0.391 e. The summed E-state index contributed by atoms with van der Waals surface area (Å²) in [7, 11) is 1.91. The lowest BCUT2D eigenvalue weighted by Crippen LogP contribution is -2.65. The molecule has 0 bridgehead atoms. The lowest BCUT2D eigenvalue weighted by Gasteiger charge is -2.44. The van der Waals surface area contributed by atoms with Gasteiger partial charge in [-0.25, -0.2) is 0 Å². The quantitative estimate of drug-likeness (QED) is 0.370. The van der Waals surface area contributed by atoms with E-state index < -0.39 is 42.0 Å². The van der Waals surface area contributed by atoms with Crippen molar-refractivity contribution in [3.05, 3.63) is 0 Å². The van der Waals surface area contributed by atoms with Gasteiger partial charge in [0.05, 0.1) is 18.2 Å². The summed E-state index contributed by atoms with van der Waals surface area (Å²) in [6, 6.07) is -1.20. The predicted molar refractivity (Wildman–Crippen MR) is 103 cm³/mol. The van der Waals surface area contributed by atoms with Gasteiger partial charge in [-0.2, -0.15) is 0 Å². The summed E-state index contributed by atoms with van der Waals surface area (Å²) in [6.45, 7) is 4.48. The molecule has 0 aromatic carbocycles. The van der Waals surface area contributed by atoms with Gasteiger partial charge in [-0.3, -0.25) is 9.69 Å². The zero-order valence-electron chi connectivity index (χ0n) is 16.5. The molecular formula is C18H34N2O6S. The lowest BCUT2D eigenvalue weighted by atomic mass is 9.92. The molecule has 2 aliphatic rings. The Morgan fingerprint density at radius 1 is 1.30 bits per heavy atom. The molecule has 9 atom stereocenters. The number of ether oxygens (including phenoxy) is 1. The molecule has 2 saturated heterocycles. The fourth-order valence-electron chi connectivity index (χ4n) is 4.13. The maximum Gasteiger partial charge on any atom is 0.237 e. The highest BCUT2D eigenvalue weighted by Gasteiger charge is 2.48. The smallest absolute Gasteiger partial charge is 0.237 e. The number of nitrogens with one attached hydrogen (secondary N) is 1. The SMILES string of the molecule is CCC[C@@H]1C[C@@H](C(=O)N[C@@H]([C@H]2O[C@@H](SC)[C@H](O)[C@@H](O)[C@H]2O)[C@@H](C)O)N(C)C1. The van der Waals surface area contributed by atoms with Gasteiger partial charge >= 0.3 is 0 Å². The Kier molecular flexibility index (Phi) is 8.35. The van der Waals surface area contributed by atoms with Gasteiger partial charge in [0.25, 0.3) is 0 Å². The third-order valence-electron chi connectivity index (χ3n) is 5.66. The van der Waals surface area contributed by atoms with Crippen LogP contribution >= 0.6 is 11.8 Å². The average molecular weight is 407 g/mol. The minimum absolute atomic E-state index is 0.223. The van der Waals surface area contributed by atoms with E-state index in [1.165, 1.54) is 18.7 Å². The molecule has 0 unspecified atom stereocenters. The minimum atomic E-state index is -1.42. The first-order valence-electron chi connectivity index (χ1n) is 9.62. The maximum atomic E-state index is 12.8. The molecule has 0 aromatic heterocycles. The van der Waals surface area contributed by atoms with Crippen LogP contribution in [0.2, 0.25) is 0 Å². The van der Waals surface area contributed by atoms with Gasteiger partial charge < -0.3 is 30.5 Å². The Bertz CT molecular complexity index is 494. The Hall–Kier alpha value is -0.420. The molecule has 9 heteroatoms. The van der Waals surface area contributed by atoms with Gasteiger partial charge in [0.1, 0.15) is 29.9 Å². The molecule has 8 nitrogen and oxygen atoms in total. The number of amides is 1. The molecule has 2 fully saturated rings. The van der Waals surface area contributed by atoms with Crippen LogP contribution in [0.15, 0.2) is 0 Å². The molecule has 27 heavy (non-hydrogen) atoms. The Balaban J connectivity index is 2.09. The van der Waals surface area contributed by atoms with Crippen LogP contribution in [0.4, 0.5) is 0 Å². The highest BCUT2D eigenvalue weighted by Crippen LogP contribution is 2.30. The molecule has 2 rings (SSSR count). The molecule has 5 N–H and O–H groups in total. The highest BCUT2D eigenvalue weighted by molar-refractivity contribution is 7.99. The van der Waals surface area contributed by atoms with Crippen LogP contribution in [0.5, 0.6) is 0 Å². The number of thioether (sulfide) groups is 1. The minimum Gasteiger partial charge on any atom is -0.391 e. The zero-order valence-corrected chi connectivity index (χ0v) is 17.3. The summed E-state index contributed by atoms with van der Waals surface area (Å²) < 4.78 is 5.72. The van der Waals surface area contributed by atoms with Crippen molar-refractivity contribution in [1.29, 1.82) is 0 Å². The van der Waals surface area contributed by atoms with Crippen molar-refractivity contribution in [2.75, 3.05) is 19.8 Å². The molecule has 0 aromatic rings. The van der Waals surface area contributed by atoms with E-state index in [0.717, 1.165) is 25.8 Å². The van der Waals surface area contributed by atoms with Crippen molar-refractivity contribution in [3.8, 4) is 0 Å². The molecule has 1 amide bonds. The summed E-state index contributed by atoms with van der Waals surface area (Å²) in [6.07, 6.45) is -1.50. The second-order valence-corrected chi connectivity index (χ2v) is 8.73. The summed E-state index contributed by atoms with van der Waals surface area (Å²) in [5.41, 5.74) is -0.755. The Morgan fingerprint density at radius 3 is 2.52 bits per heavy atom. The number of hydrogen-bond donors (Lipinski definition) is 5. The number of hydrogen-bond acceptors (Lipinski definition) is 8. The van der Waals surface area contributed by atoms with E-state index in [1.807, 2.05) is 11.9 Å².